The zero-order chi connectivity index (χ0) is 20.4. The topological polar surface area (TPSA) is 96.3 Å². The van der Waals surface area contributed by atoms with Crippen molar-refractivity contribution in [2.24, 2.45) is 11.8 Å². The smallest absolute Gasteiger partial charge is 0.341 e. The maximum absolute atomic E-state index is 12.4. The number of carbonyl (C=O) groups excluding carboxylic acids is 2. The van der Waals surface area contributed by atoms with E-state index in [4.69, 9.17) is 9.47 Å². The molecule has 2 heterocycles. The van der Waals surface area contributed by atoms with Crippen molar-refractivity contribution < 1.29 is 29.3 Å². The summed E-state index contributed by atoms with van der Waals surface area (Å²) >= 11 is 0. The molecule has 7 heteroatoms. The van der Waals surface area contributed by atoms with E-state index in [2.05, 4.69) is 4.90 Å². The van der Waals surface area contributed by atoms with Crippen LogP contribution in [-0.2, 0) is 19.1 Å². The molecule has 154 valence electrons. The van der Waals surface area contributed by atoms with Crippen molar-refractivity contribution in [3.63, 3.8) is 0 Å². The maximum atomic E-state index is 12.4. The van der Waals surface area contributed by atoms with Crippen molar-refractivity contribution in [1.29, 1.82) is 0 Å². The summed E-state index contributed by atoms with van der Waals surface area (Å²) in [5.74, 6) is -1.56. The van der Waals surface area contributed by atoms with Crippen molar-refractivity contribution in [1.82, 2.24) is 4.90 Å². The van der Waals surface area contributed by atoms with Gasteiger partial charge in [0, 0.05) is 18.0 Å². The monoisotopic (exact) mass is 383 g/mol. The van der Waals surface area contributed by atoms with Crippen LogP contribution in [0, 0.1) is 11.8 Å². The number of esters is 2. The summed E-state index contributed by atoms with van der Waals surface area (Å²) < 4.78 is 11.1. The molecule has 7 nitrogen and oxygen atoms in total. The molecule has 0 bridgehead atoms. The Morgan fingerprint density at radius 3 is 2.44 bits per heavy atom. The Morgan fingerprint density at radius 2 is 1.89 bits per heavy atom. The molecule has 2 saturated heterocycles. The first-order chi connectivity index (χ1) is 12.6. The van der Waals surface area contributed by atoms with Crippen molar-refractivity contribution in [2.45, 2.75) is 71.3 Å². The fraction of sp³-hybridized carbons (Fsp3) is 0.800. The van der Waals surface area contributed by atoms with Crippen LogP contribution in [-0.4, -0.2) is 70.6 Å². The van der Waals surface area contributed by atoms with Gasteiger partial charge in [-0.1, -0.05) is 19.9 Å². The van der Waals surface area contributed by atoms with Crippen LogP contribution in [0.25, 0.3) is 0 Å². The quantitative estimate of drug-likeness (QED) is 0.505. The van der Waals surface area contributed by atoms with Gasteiger partial charge in [-0.15, -0.1) is 0 Å². The summed E-state index contributed by atoms with van der Waals surface area (Å²) in [7, 11) is 0. The zero-order valence-corrected chi connectivity index (χ0v) is 17.0. The summed E-state index contributed by atoms with van der Waals surface area (Å²) in [5, 5.41) is 20.4. The summed E-state index contributed by atoms with van der Waals surface area (Å²) in [4.78, 5) is 26.8. The fourth-order valence-electron chi connectivity index (χ4n) is 4.06. The number of nitrogens with zero attached hydrogens (tertiary/aromatic N) is 1. The molecule has 0 aromatic heterocycles. The van der Waals surface area contributed by atoms with Crippen LogP contribution in [0.3, 0.4) is 0 Å². The molecule has 2 aliphatic heterocycles. The second-order valence-electron chi connectivity index (χ2n) is 8.03. The Morgan fingerprint density at radius 1 is 1.26 bits per heavy atom. The number of hydrogen-bond donors (Lipinski definition) is 2. The molecule has 0 spiro atoms. The molecule has 0 aromatic carbocycles. The number of carbonyl (C=O) groups is 2. The van der Waals surface area contributed by atoms with Crippen LogP contribution >= 0.6 is 0 Å². The van der Waals surface area contributed by atoms with Gasteiger partial charge < -0.3 is 19.7 Å². The van der Waals surface area contributed by atoms with Crippen molar-refractivity contribution >= 4 is 11.9 Å². The van der Waals surface area contributed by atoms with Gasteiger partial charge >= 0.3 is 11.9 Å². The standard InChI is InChI=1S/C20H33NO6/c1-6-13(4)18(23)27-16-8-10-21-9-7-15(17(16)21)11-26-19(24)20(25,12(2)3)14(5)22/h6,12,14-17,22,25H,7-11H2,1-5H3/b13-6-/t14-,15+,16+,17-,20-/m0/s1. The van der Waals surface area contributed by atoms with E-state index in [1.54, 1.807) is 33.8 Å². The van der Waals surface area contributed by atoms with E-state index < -0.39 is 23.6 Å². The molecule has 27 heavy (non-hydrogen) atoms. The van der Waals surface area contributed by atoms with Gasteiger partial charge in [0.15, 0.2) is 5.60 Å². The Balaban J connectivity index is 2.00. The van der Waals surface area contributed by atoms with Crippen LogP contribution in [0.1, 0.15) is 47.5 Å². The van der Waals surface area contributed by atoms with E-state index >= 15 is 0 Å². The number of ether oxygens (including phenoxy) is 2. The van der Waals surface area contributed by atoms with Crippen LogP contribution in [0.2, 0.25) is 0 Å². The van der Waals surface area contributed by atoms with E-state index in [0.29, 0.717) is 5.57 Å². The Labute approximate surface area is 161 Å². The SMILES string of the molecule is C/C=C(/C)C(=O)O[C@@H]1CCN2CC[C@H](COC(=O)[C@](O)(C(C)C)[C@H](C)O)[C@@H]12. The summed E-state index contributed by atoms with van der Waals surface area (Å²) in [6, 6.07) is 0.0186. The van der Waals surface area contributed by atoms with Gasteiger partial charge in [0.25, 0.3) is 0 Å². The largest absolute Gasteiger partial charge is 0.463 e. The van der Waals surface area contributed by atoms with Gasteiger partial charge in [0.2, 0.25) is 0 Å². The van der Waals surface area contributed by atoms with Crippen molar-refractivity contribution in [3.8, 4) is 0 Å². The normalized spacial score (nSPS) is 29.3. The van der Waals surface area contributed by atoms with Gasteiger partial charge in [0.1, 0.15) is 6.10 Å². The first kappa shape index (κ1) is 21.9. The van der Waals surface area contributed by atoms with Crippen molar-refractivity contribution in [3.05, 3.63) is 11.6 Å². The number of aliphatic hydroxyl groups excluding tert-OH is 1. The highest BCUT2D eigenvalue weighted by Crippen LogP contribution is 2.35. The second-order valence-corrected chi connectivity index (χ2v) is 8.03. The van der Waals surface area contributed by atoms with Crippen LogP contribution < -0.4 is 0 Å². The number of rotatable bonds is 7. The molecule has 0 saturated carbocycles. The third-order valence-electron chi connectivity index (χ3n) is 6.06. The van der Waals surface area contributed by atoms with Gasteiger partial charge in [-0.25, -0.2) is 9.59 Å². The summed E-state index contributed by atoms with van der Waals surface area (Å²) in [6.07, 6.45) is 1.88. The molecule has 0 aliphatic carbocycles. The molecule has 2 rings (SSSR count). The highest BCUT2D eigenvalue weighted by Gasteiger charge is 2.49. The molecule has 2 fully saturated rings. The van der Waals surface area contributed by atoms with Crippen LogP contribution in [0.5, 0.6) is 0 Å². The third kappa shape index (κ3) is 4.36. The lowest BCUT2D eigenvalue weighted by Crippen LogP contribution is -2.53. The molecule has 2 aliphatic rings. The minimum absolute atomic E-state index is 0.0186. The molecule has 0 amide bonds. The average molecular weight is 383 g/mol. The van der Waals surface area contributed by atoms with E-state index in [-0.39, 0.29) is 30.6 Å². The first-order valence-corrected chi connectivity index (χ1v) is 9.78. The molecule has 0 aromatic rings. The lowest BCUT2D eigenvalue weighted by molar-refractivity contribution is -0.186. The van der Waals surface area contributed by atoms with E-state index in [9.17, 15) is 19.8 Å². The van der Waals surface area contributed by atoms with E-state index in [1.165, 1.54) is 6.92 Å². The maximum Gasteiger partial charge on any atom is 0.341 e. The molecule has 2 N–H and O–H groups in total. The summed E-state index contributed by atoms with van der Waals surface area (Å²) in [6.45, 7) is 10.1. The summed E-state index contributed by atoms with van der Waals surface area (Å²) in [5.41, 5.74) is -1.35. The Bertz CT molecular complexity index is 577. The predicted octanol–water partition coefficient (Wildman–Crippen LogP) is 1.27. The number of aliphatic hydroxyl groups is 2. The van der Waals surface area contributed by atoms with Gasteiger partial charge in [-0.05, 0) is 46.1 Å². The highest BCUT2D eigenvalue weighted by atomic mass is 16.6. The third-order valence-corrected chi connectivity index (χ3v) is 6.06. The number of hydrogen-bond acceptors (Lipinski definition) is 7. The van der Waals surface area contributed by atoms with Gasteiger partial charge in [0.05, 0.1) is 18.8 Å². The highest BCUT2D eigenvalue weighted by molar-refractivity contribution is 5.87. The average Bonchev–Trinajstić information content (AvgIpc) is 3.20. The molecule has 0 unspecified atom stereocenters. The second kappa shape index (κ2) is 8.71. The lowest BCUT2D eigenvalue weighted by atomic mass is 9.85. The van der Waals surface area contributed by atoms with E-state index in [0.717, 1.165) is 25.9 Å². The Hall–Kier alpha value is -1.44. The molecule has 5 atom stereocenters. The number of fused-ring (bicyclic) bond motifs is 1. The van der Waals surface area contributed by atoms with E-state index in [1.807, 2.05) is 0 Å². The minimum atomic E-state index is -1.93. The minimum Gasteiger partial charge on any atom is -0.463 e. The van der Waals surface area contributed by atoms with Gasteiger partial charge in [-0.2, -0.15) is 0 Å². The molecular formula is C20H33NO6. The zero-order valence-electron chi connectivity index (χ0n) is 17.0. The molecule has 0 radical (unpaired) electrons. The predicted molar refractivity (Wildman–Crippen MR) is 99.8 cm³/mol. The van der Waals surface area contributed by atoms with Gasteiger partial charge in [-0.3, -0.25) is 4.90 Å². The molecular weight excluding hydrogens is 350 g/mol. The van der Waals surface area contributed by atoms with Crippen LogP contribution in [0.15, 0.2) is 11.6 Å². The first-order valence-electron chi connectivity index (χ1n) is 9.78. The lowest BCUT2D eigenvalue weighted by Gasteiger charge is -2.33. The fourth-order valence-corrected chi connectivity index (χ4v) is 4.06. The number of allylic oxidation sites excluding steroid dienone is 1. The van der Waals surface area contributed by atoms with Crippen molar-refractivity contribution in [2.75, 3.05) is 19.7 Å². The van der Waals surface area contributed by atoms with Crippen LogP contribution in [0.4, 0.5) is 0 Å². The Kier molecular flexibility index (Phi) is 7.05.